The highest BCUT2D eigenvalue weighted by molar-refractivity contribution is 7.90. The van der Waals surface area contributed by atoms with E-state index in [1.54, 1.807) is 41.8 Å². The van der Waals surface area contributed by atoms with Crippen molar-refractivity contribution in [3.8, 4) is 0 Å². The van der Waals surface area contributed by atoms with Crippen LogP contribution in [-0.4, -0.2) is 28.9 Å². The molecule has 0 bridgehead atoms. The Bertz CT molecular complexity index is 1410. The first-order valence-corrected chi connectivity index (χ1v) is 11.0. The van der Waals surface area contributed by atoms with E-state index in [9.17, 15) is 17.6 Å². The zero-order chi connectivity index (χ0) is 22.2. The number of fused-ring (bicyclic) bond motifs is 1. The van der Waals surface area contributed by atoms with Gasteiger partial charge in [0.2, 0.25) is 0 Å². The van der Waals surface area contributed by atoms with Crippen LogP contribution in [0.25, 0.3) is 11.2 Å². The van der Waals surface area contributed by atoms with Crippen LogP contribution < -0.4 is 4.72 Å². The summed E-state index contributed by atoms with van der Waals surface area (Å²) in [7, 11) is -4.04. The lowest BCUT2D eigenvalue weighted by molar-refractivity contribution is 0.0977. The molecule has 0 aliphatic carbocycles. The minimum Gasteiger partial charge on any atom is -0.308 e. The van der Waals surface area contributed by atoms with Crippen molar-refractivity contribution in [2.45, 2.75) is 18.4 Å². The van der Waals surface area contributed by atoms with Gasteiger partial charge in [0.15, 0.2) is 5.65 Å². The lowest BCUT2D eigenvalue weighted by Crippen LogP contribution is -2.31. The van der Waals surface area contributed by atoms with Gasteiger partial charge in [0.05, 0.1) is 11.4 Å². The molecule has 0 radical (unpaired) electrons. The van der Waals surface area contributed by atoms with Crippen LogP contribution in [-0.2, 0) is 16.6 Å². The lowest BCUT2D eigenvalue weighted by Gasteiger charge is -2.09. The van der Waals surface area contributed by atoms with Crippen LogP contribution in [0.4, 0.5) is 4.39 Å². The number of benzene rings is 2. The number of carbonyl (C=O) groups excluding carboxylic acids is 1. The zero-order valence-electron chi connectivity index (χ0n) is 16.2. The molecule has 2 heterocycles. The zero-order valence-corrected chi connectivity index (χ0v) is 17.8. The number of aromatic nitrogens is 3. The Labute approximate surface area is 182 Å². The van der Waals surface area contributed by atoms with Gasteiger partial charge < -0.3 is 4.57 Å². The highest BCUT2D eigenvalue weighted by Crippen LogP contribution is 2.22. The first-order valence-electron chi connectivity index (χ1n) is 9.14. The third-order valence-electron chi connectivity index (χ3n) is 4.64. The van der Waals surface area contributed by atoms with Crippen LogP contribution in [0, 0.1) is 12.7 Å². The maximum absolute atomic E-state index is 13.3. The number of pyridine rings is 1. The van der Waals surface area contributed by atoms with E-state index in [1.165, 1.54) is 30.3 Å². The molecule has 2 aromatic carbocycles. The van der Waals surface area contributed by atoms with Gasteiger partial charge in [0.1, 0.15) is 22.9 Å². The number of carbonyl (C=O) groups is 1. The average molecular weight is 459 g/mol. The van der Waals surface area contributed by atoms with Crippen LogP contribution in [0.2, 0.25) is 5.02 Å². The van der Waals surface area contributed by atoms with Crippen molar-refractivity contribution >= 4 is 38.7 Å². The SMILES string of the molecule is Cc1nc2ccc(C(=O)NS(=O)(=O)c3ccccc3)nc2n1Cc1ccc(F)cc1Cl. The molecule has 1 N–H and O–H groups in total. The van der Waals surface area contributed by atoms with Crippen LogP contribution >= 0.6 is 11.6 Å². The minimum atomic E-state index is -4.04. The van der Waals surface area contributed by atoms with Crippen LogP contribution in [0.15, 0.2) is 65.6 Å². The fourth-order valence-electron chi connectivity index (χ4n) is 3.08. The molecule has 10 heteroatoms. The summed E-state index contributed by atoms with van der Waals surface area (Å²) in [6, 6.07) is 14.6. The fourth-order valence-corrected chi connectivity index (χ4v) is 4.29. The molecule has 0 aliphatic heterocycles. The number of hydrogen-bond acceptors (Lipinski definition) is 5. The maximum atomic E-state index is 13.3. The van der Waals surface area contributed by atoms with E-state index < -0.39 is 21.7 Å². The number of nitrogens with one attached hydrogen (secondary N) is 1. The third-order valence-corrected chi connectivity index (χ3v) is 6.34. The second-order valence-electron chi connectivity index (χ2n) is 6.77. The molecule has 158 valence electrons. The molecule has 0 fully saturated rings. The smallest absolute Gasteiger partial charge is 0.283 e. The molecule has 0 spiro atoms. The maximum Gasteiger partial charge on any atom is 0.283 e. The van der Waals surface area contributed by atoms with E-state index in [4.69, 9.17) is 11.6 Å². The molecule has 7 nitrogen and oxygen atoms in total. The van der Waals surface area contributed by atoms with Gasteiger partial charge in [-0.1, -0.05) is 35.9 Å². The van der Waals surface area contributed by atoms with E-state index in [0.717, 1.165) is 0 Å². The molecule has 0 saturated heterocycles. The second-order valence-corrected chi connectivity index (χ2v) is 8.86. The lowest BCUT2D eigenvalue weighted by atomic mass is 10.2. The number of nitrogens with zero attached hydrogens (tertiary/aromatic N) is 3. The van der Waals surface area contributed by atoms with Gasteiger partial charge in [-0.15, -0.1) is 0 Å². The van der Waals surface area contributed by atoms with Crippen molar-refractivity contribution in [3.63, 3.8) is 0 Å². The topological polar surface area (TPSA) is 93.9 Å². The van der Waals surface area contributed by atoms with Crippen molar-refractivity contribution in [1.82, 2.24) is 19.3 Å². The van der Waals surface area contributed by atoms with Gasteiger partial charge in [-0.05, 0) is 48.9 Å². The summed E-state index contributed by atoms with van der Waals surface area (Å²) in [6.07, 6.45) is 0. The Balaban J connectivity index is 1.67. The van der Waals surface area contributed by atoms with Crippen LogP contribution in [0.1, 0.15) is 21.9 Å². The molecule has 2 aromatic heterocycles. The molecule has 31 heavy (non-hydrogen) atoms. The summed E-state index contributed by atoms with van der Waals surface area (Å²) >= 11 is 6.14. The standard InChI is InChI=1S/C21H16ClFN4O3S/c1-13-24-18-9-10-19(21(28)26-31(29,30)16-5-3-2-4-6-16)25-20(18)27(13)12-14-7-8-15(23)11-17(14)22/h2-11H,12H2,1H3,(H,26,28). The number of rotatable bonds is 5. The van der Waals surface area contributed by atoms with Crippen LogP contribution in [0.5, 0.6) is 0 Å². The van der Waals surface area contributed by atoms with Gasteiger partial charge >= 0.3 is 0 Å². The van der Waals surface area contributed by atoms with E-state index >= 15 is 0 Å². The predicted octanol–water partition coefficient (Wildman–Crippen LogP) is 3.70. The molecular weight excluding hydrogens is 443 g/mol. The summed E-state index contributed by atoms with van der Waals surface area (Å²) in [6.45, 7) is 2.01. The average Bonchev–Trinajstić information content (AvgIpc) is 3.04. The summed E-state index contributed by atoms with van der Waals surface area (Å²) < 4.78 is 42.0. The summed E-state index contributed by atoms with van der Waals surface area (Å²) in [5, 5.41) is 0.254. The third kappa shape index (κ3) is 4.28. The summed E-state index contributed by atoms with van der Waals surface area (Å²) in [5.74, 6) is -0.703. The normalized spacial score (nSPS) is 11.6. The van der Waals surface area contributed by atoms with Crippen molar-refractivity contribution in [2.75, 3.05) is 0 Å². The number of hydrogen-bond donors (Lipinski definition) is 1. The van der Waals surface area contributed by atoms with Crippen molar-refractivity contribution in [1.29, 1.82) is 0 Å². The number of sulfonamides is 1. The quantitative estimate of drug-likeness (QED) is 0.492. The molecule has 4 aromatic rings. The van der Waals surface area contributed by atoms with Gasteiger partial charge in [0, 0.05) is 5.02 Å². The van der Waals surface area contributed by atoms with Gasteiger partial charge in [-0.2, -0.15) is 0 Å². The number of imidazole rings is 1. The van der Waals surface area contributed by atoms with Crippen LogP contribution in [0.3, 0.4) is 0 Å². The highest BCUT2D eigenvalue weighted by Gasteiger charge is 2.21. The number of aryl methyl sites for hydroxylation is 1. The predicted molar refractivity (Wildman–Crippen MR) is 114 cm³/mol. The minimum absolute atomic E-state index is 0.0312. The Kier molecular flexibility index (Phi) is 5.47. The molecule has 0 atom stereocenters. The molecule has 0 saturated carbocycles. The Hall–Kier alpha value is -3.30. The largest absolute Gasteiger partial charge is 0.308 e. The van der Waals surface area contributed by atoms with E-state index in [1.807, 2.05) is 4.72 Å². The second kappa shape index (κ2) is 8.09. The Morgan fingerprint density at radius 3 is 2.55 bits per heavy atom. The Morgan fingerprint density at radius 2 is 1.84 bits per heavy atom. The molecule has 4 rings (SSSR count). The highest BCUT2D eigenvalue weighted by atomic mass is 35.5. The van der Waals surface area contributed by atoms with Gasteiger partial charge in [-0.3, -0.25) is 4.79 Å². The number of amides is 1. The molecule has 0 unspecified atom stereocenters. The summed E-state index contributed by atoms with van der Waals surface area (Å²) in [5.41, 5.74) is 1.47. The van der Waals surface area contributed by atoms with E-state index in [2.05, 4.69) is 9.97 Å². The molecule has 0 aliphatic rings. The first kappa shape index (κ1) is 21.0. The fraction of sp³-hybridized carbons (Fsp3) is 0.0952. The van der Waals surface area contributed by atoms with E-state index in [0.29, 0.717) is 22.6 Å². The van der Waals surface area contributed by atoms with Crippen molar-refractivity contribution in [2.24, 2.45) is 0 Å². The molecular formula is C21H16ClFN4O3S. The monoisotopic (exact) mass is 458 g/mol. The van der Waals surface area contributed by atoms with E-state index in [-0.39, 0.29) is 22.2 Å². The first-order chi connectivity index (χ1) is 14.7. The van der Waals surface area contributed by atoms with Crippen molar-refractivity contribution in [3.05, 3.63) is 88.6 Å². The van der Waals surface area contributed by atoms with Gasteiger partial charge in [-0.25, -0.2) is 27.5 Å². The molecule has 1 amide bonds. The summed E-state index contributed by atoms with van der Waals surface area (Å²) in [4.78, 5) is 21.3. The Morgan fingerprint density at radius 1 is 1.10 bits per heavy atom. The number of halogens is 2. The van der Waals surface area contributed by atoms with Crippen molar-refractivity contribution < 1.29 is 17.6 Å². The van der Waals surface area contributed by atoms with Gasteiger partial charge in [0.25, 0.3) is 15.9 Å².